The largest absolute Gasteiger partial charge is 0.326 e. The Morgan fingerprint density at radius 2 is 1.88 bits per heavy atom. The molecule has 0 aromatic heterocycles. The van der Waals surface area contributed by atoms with Crippen molar-refractivity contribution in [2.45, 2.75) is 51.1 Å². The van der Waals surface area contributed by atoms with Gasteiger partial charge in [-0.3, -0.25) is 9.69 Å². The first-order valence-corrected chi connectivity index (χ1v) is 9.04. The zero-order valence-electron chi connectivity index (χ0n) is 15.0. The fourth-order valence-electron chi connectivity index (χ4n) is 3.81. The Kier molecular flexibility index (Phi) is 9.80. The summed E-state index contributed by atoms with van der Waals surface area (Å²) in [7, 11) is 2.22. The number of benzene rings is 1. The van der Waals surface area contributed by atoms with Gasteiger partial charge in [-0.15, -0.1) is 24.8 Å². The van der Waals surface area contributed by atoms with E-state index in [1.807, 2.05) is 12.1 Å². The molecule has 3 rings (SSSR count). The van der Waals surface area contributed by atoms with Crippen molar-refractivity contribution in [2.24, 2.45) is 5.92 Å². The number of hydrogen-bond acceptors (Lipinski definition) is 3. The highest BCUT2D eigenvalue weighted by molar-refractivity contribution is 5.93. The minimum absolute atomic E-state index is 0. The maximum Gasteiger partial charge on any atom is 0.228 e. The molecule has 1 unspecified atom stereocenters. The van der Waals surface area contributed by atoms with Gasteiger partial charge in [0.25, 0.3) is 0 Å². The van der Waals surface area contributed by atoms with Gasteiger partial charge in [0, 0.05) is 24.8 Å². The van der Waals surface area contributed by atoms with E-state index in [4.69, 9.17) is 0 Å². The van der Waals surface area contributed by atoms with Crippen LogP contribution in [0, 0.1) is 5.92 Å². The van der Waals surface area contributed by atoms with Crippen LogP contribution in [-0.4, -0.2) is 37.0 Å². The molecule has 0 spiro atoms. The molecule has 25 heavy (non-hydrogen) atoms. The third kappa shape index (κ3) is 6.14. The lowest BCUT2D eigenvalue weighted by molar-refractivity contribution is -0.119. The first kappa shape index (κ1) is 22.2. The van der Waals surface area contributed by atoms with E-state index in [1.165, 1.54) is 37.7 Å². The molecule has 1 heterocycles. The Balaban J connectivity index is 0.00000156. The Morgan fingerprint density at radius 3 is 2.56 bits per heavy atom. The lowest BCUT2D eigenvalue weighted by atomic mass is 9.94. The molecule has 2 N–H and O–H groups in total. The molecule has 0 radical (unpaired) electrons. The highest BCUT2D eigenvalue weighted by Gasteiger charge is 2.23. The quantitative estimate of drug-likeness (QED) is 0.806. The predicted octanol–water partition coefficient (Wildman–Crippen LogP) is 3.84. The number of carbonyl (C=O) groups excluding carboxylic acids is 1. The van der Waals surface area contributed by atoms with Gasteiger partial charge >= 0.3 is 0 Å². The molecule has 1 saturated heterocycles. The minimum atomic E-state index is 0. The highest BCUT2D eigenvalue weighted by Crippen LogP contribution is 2.25. The second-order valence-electron chi connectivity index (χ2n) is 7.04. The van der Waals surface area contributed by atoms with E-state index >= 15 is 0 Å². The van der Waals surface area contributed by atoms with E-state index < -0.39 is 0 Å². The monoisotopic (exact) mass is 387 g/mol. The van der Waals surface area contributed by atoms with Gasteiger partial charge in [-0.1, -0.05) is 37.5 Å². The number of halogens is 2. The van der Waals surface area contributed by atoms with Crippen LogP contribution in [0.25, 0.3) is 0 Å². The van der Waals surface area contributed by atoms with Crippen LogP contribution < -0.4 is 10.6 Å². The third-order valence-corrected chi connectivity index (χ3v) is 5.32. The fraction of sp³-hybridized carbons (Fsp3) is 0.632. The molecule has 2 fully saturated rings. The molecule has 0 bridgehead atoms. The molecular formula is C19H31Cl2N3O. The molecule has 2 aliphatic rings. The van der Waals surface area contributed by atoms with Crippen molar-refractivity contribution in [3.05, 3.63) is 29.8 Å². The number of nitrogens with one attached hydrogen (secondary N) is 2. The number of carbonyl (C=O) groups is 1. The van der Waals surface area contributed by atoms with Crippen molar-refractivity contribution < 1.29 is 4.79 Å². The third-order valence-electron chi connectivity index (χ3n) is 5.32. The molecule has 6 heteroatoms. The summed E-state index contributed by atoms with van der Waals surface area (Å²) in [4.78, 5) is 14.8. The van der Waals surface area contributed by atoms with Crippen molar-refractivity contribution in [3.8, 4) is 0 Å². The smallest absolute Gasteiger partial charge is 0.228 e. The molecule has 1 aromatic rings. The van der Waals surface area contributed by atoms with Crippen molar-refractivity contribution in [1.82, 2.24) is 10.2 Å². The summed E-state index contributed by atoms with van der Waals surface area (Å²) in [5, 5.41) is 6.41. The van der Waals surface area contributed by atoms with Gasteiger partial charge in [0.05, 0.1) is 5.92 Å². The number of amides is 1. The Bertz CT molecular complexity index is 529. The predicted molar refractivity (Wildman–Crippen MR) is 109 cm³/mol. The summed E-state index contributed by atoms with van der Waals surface area (Å²) in [6, 6.07) is 8.93. The SMILES string of the molecule is CN(Cc1ccccc1NC(=O)C1CCNC1)C1CCCCC1.Cl.Cl. The number of rotatable bonds is 5. The van der Waals surface area contributed by atoms with Crippen molar-refractivity contribution in [2.75, 3.05) is 25.5 Å². The minimum Gasteiger partial charge on any atom is -0.326 e. The summed E-state index contributed by atoms with van der Waals surface area (Å²) in [6.45, 7) is 2.66. The van der Waals surface area contributed by atoms with Gasteiger partial charge in [0.1, 0.15) is 0 Å². The van der Waals surface area contributed by atoms with Crippen molar-refractivity contribution >= 4 is 36.4 Å². The zero-order chi connectivity index (χ0) is 16.1. The standard InChI is InChI=1S/C19H29N3O.2ClH/c1-22(17-8-3-2-4-9-17)14-16-7-5-6-10-18(16)21-19(23)15-11-12-20-13-15;;/h5-7,10,15,17,20H,2-4,8-9,11-14H2,1H3,(H,21,23);2*1H. The summed E-state index contributed by atoms with van der Waals surface area (Å²) >= 11 is 0. The molecule has 1 aliphatic heterocycles. The molecule has 1 amide bonds. The van der Waals surface area contributed by atoms with Gasteiger partial charge in [-0.25, -0.2) is 0 Å². The van der Waals surface area contributed by atoms with Crippen LogP contribution in [-0.2, 0) is 11.3 Å². The van der Waals surface area contributed by atoms with E-state index in [9.17, 15) is 4.79 Å². The normalized spacial score (nSPS) is 20.6. The zero-order valence-corrected chi connectivity index (χ0v) is 16.6. The van der Waals surface area contributed by atoms with Crippen LogP contribution >= 0.6 is 24.8 Å². The van der Waals surface area contributed by atoms with Crippen LogP contribution in [0.5, 0.6) is 0 Å². The maximum absolute atomic E-state index is 12.4. The second kappa shape index (κ2) is 11.0. The van der Waals surface area contributed by atoms with Gasteiger partial charge < -0.3 is 10.6 Å². The molecule has 1 atom stereocenters. The van der Waals surface area contributed by atoms with Gasteiger partial charge in [0.15, 0.2) is 0 Å². The topological polar surface area (TPSA) is 44.4 Å². The fourth-order valence-corrected chi connectivity index (χ4v) is 3.81. The van der Waals surface area contributed by atoms with Gasteiger partial charge in [-0.2, -0.15) is 0 Å². The lowest BCUT2D eigenvalue weighted by Crippen LogP contribution is -2.33. The van der Waals surface area contributed by atoms with Gasteiger partial charge in [-0.05, 0) is 44.5 Å². The Morgan fingerprint density at radius 1 is 1.16 bits per heavy atom. The van der Waals surface area contributed by atoms with Crippen LogP contribution in [0.2, 0.25) is 0 Å². The number of para-hydroxylation sites is 1. The van der Waals surface area contributed by atoms with Crippen molar-refractivity contribution in [3.63, 3.8) is 0 Å². The average molecular weight is 388 g/mol. The van der Waals surface area contributed by atoms with Crippen molar-refractivity contribution in [1.29, 1.82) is 0 Å². The molecule has 1 saturated carbocycles. The van der Waals surface area contributed by atoms with Crippen LogP contribution in [0.3, 0.4) is 0 Å². The Hall–Kier alpha value is -0.810. The highest BCUT2D eigenvalue weighted by atomic mass is 35.5. The van der Waals surface area contributed by atoms with E-state index in [2.05, 4.69) is 34.7 Å². The maximum atomic E-state index is 12.4. The first-order valence-electron chi connectivity index (χ1n) is 9.04. The van der Waals surface area contributed by atoms with Crippen LogP contribution in [0.4, 0.5) is 5.69 Å². The Labute approximate surface area is 163 Å². The summed E-state index contributed by atoms with van der Waals surface area (Å²) in [5.74, 6) is 0.266. The first-order chi connectivity index (χ1) is 11.2. The summed E-state index contributed by atoms with van der Waals surface area (Å²) in [5.41, 5.74) is 2.20. The van der Waals surface area contributed by atoms with E-state index in [0.717, 1.165) is 31.7 Å². The van der Waals surface area contributed by atoms with E-state index in [-0.39, 0.29) is 36.6 Å². The summed E-state index contributed by atoms with van der Waals surface area (Å²) in [6.07, 6.45) is 7.63. The summed E-state index contributed by atoms with van der Waals surface area (Å²) < 4.78 is 0. The molecule has 1 aromatic carbocycles. The number of hydrogen-bond donors (Lipinski definition) is 2. The van der Waals surface area contributed by atoms with Crippen LogP contribution in [0.1, 0.15) is 44.1 Å². The van der Waals surface area contributed by atoms with E-state index in [1.54, 1.807) is 0 Å². The molecule has 142 valence electrons. The number of anilines is 1. The molecular weight excluding hydrogens is 357 g/mol. The number of nitrogens with zero attached hydrogens (tertiary/aromatic N) is 1. The van der Waals surface area contributed by atoms with E-state index in [0.29, 0.717) is 6.04 Å². The molecule has 4 nitrogen and oxygen atoms in total. The van der Waals surface area contributed by atoms with Gasteiger partial charge in [0.2, 0.25) is 5.91 Å². The van der Waals surface area contributed by atoms with Crippen LogP contribution in [0.15, 0.2) is 24.3 Å². The second-order valence-corrected chi connectivity index (χ2v) is 7.04. The average Bonchev–Trinajstić information content (AvgIpc) is 3.12. The lowest BCUT2D eigenvalue weighted by Gasteiger charge is -2.31. The molecule has 1 aliphatic carbocycles.